The van der Waals surface area contributed by atoms with E-state index in [9.17, 15) is 14.4 Å². The second kappa shape index (κ2) is 14.3. The van der Waals surface area contributed by atoms with Gasteiger partial charge in [-0.1, -0.05) is 74.5 Å². The van der Waals surface area contributed by atoms with Crippen molar-refractivity contribution in [1.29, 1.82) is 0 Å². The Balaban J connectivity index is 1.45. The van der Waals surface area contributed by atoms with Crippen molar-refractivity contribution in [2.24, 2.45) is 0 Å². The Labute approximate surface area is 251 Å². The van der Waals surface area contributed by atoms with Crippen LogP contribution in [0.3, 0.4) is 0 Å². The zero-order valence-electron chi connectivity index (χ0n) is 24.2. The number of carbonyl (C=O) groups excluding carboxylic acids is 3. The second-order valence-electron chi connectivity index (χ2n) is 10.2. The van der Waals surface area contributed by atoms with Crippen LogP contribution in [0.1, 0.15) is 53.7 Å². The number of rotatable bonds is 10. The van der Waals surface area contributed by atoms with Gasteiger partial charge in [-0.05, 0) is 85.0 Å². The van der Waals surface area contributed by atoms with Gasteiger partial charge in [0.1, 0.15) is 5.70 Å². The topological polar surface area (TPSA) is 87.3 Å². The summed E-state index contributed by atoms with van der Waals surface area (Å²) >= 11 is 1.43. The summed E-state index contributed by atoms with van der Waals surface area (Å²) in [5.41, 5.74) is 4.93. The summed E-state index contributed by atoms with van der Waals surface area (Å²) in [5.74, 6) is -0.522. The highest BCUT2D eigenvalue weighted by Gasteiger charge is 2.17. The van der Waals surface area contributed by atoms with Crippen LogP contribution in [0, 0.1) is 6.92 Å². The number of thioether (sulfide) groups is 1. The molecule has 1 unspecified atom stereocenters. The molecule has 3 N–H and O–H groups in total. The fourth-order valence-corrected chi connectivity index (χ4v) is 4.97. The maximum atomic E-state index is 13.4. The fraction of sp³-hybridized carbons (Fsp3) is 0.171. The monoisotopic (exact) mass is 577 g/mol. The molecular weight excluding hydrogens is 542 g/mol. The van der Waals surface area contributed by atoms with E-state index in [0.29, 0.717) is 17.2 Å². The summed E-state index contributed by atoms with van der Waals surface area (Å²) in [4.78, 5) is 39.9. The molecule has 6 nitrogen and oxygen atoms in total. The highest BCUT2D eigenvalue weighted by molar-refractivity contribution is 8.00. The lowest BCUT2D eigenvalue weighted by molar-refractivity contribution is -0.115. The van der Waals surface area contributed by atoms with Gasteiger partial charge in [-0.25, -0.2) is 0 Å². The molecule has 4 aromatic rings. The summed E-state index contributed by atoms with van der Waals surface area (Å²) in [5, 5.41) is 8.31. The van der Waals surface area contributed by atoms with E-state index < -0.39 is 5.91 Å². The molecule has 0 aliphatic carbocycles. The van der Waals surface area contributed by atoms with E-state index in [4.69, 9.17) is 0 Å². The average molecular weight is 578 g/mol. The number of para-hydroxylation sites is 1. The first-order chi connectivity index (χ1) is 20.2. The molecule has 0 aromatic heterocycles. The van der Waals surface area contributed by atoms with Crippen molar-refractivity contribution in [2.75, 3.05) is 10.6 Å². The SMILES string of the molecule is Cc1ccccc1NC(=O)C(C)Sc1ccc(NC(=O)/C(=C/c2ccc(C(C)C)cc2)NC(=O)c2ccccc2)cc1. The number of carbonyl (C=O) groups is 3. The zero-order chi connectivity index (χ0) is 30.1. The molecule has 214 valence electrons. The highest BCUT2D eigenvalue weighted by atomic mass is 32.2. The minimum Gasteiger partial charge on any atom is -0.325 e. The first kappa shape index (κ1) is 30.3. The molecule has 1 atom stereocenters. The van der Waals surface area contributed by atoms with Crippen molar-refractivity contribution in [3.63, 3.8) is 0 Å². The average Bonchev–Trinajstić information content (AvgIpc) is 2.99. The molecule has 0 bridgehead atoms. The molecule has 0 aliphatic rings. The van der Waals surface area contributed by atoms with Gasteiger partial charge >= 0.3 is 0 Å². The molecule has 42 heavy (non-hydrogen) atoms. The number of anilines is 2. The third-order valence-electron chi connectivity index (χ3n) is 6.64. The van der Waals surface area contributed by atoms with E-state index in [-0.39, 0.29) is 22.8 Å². The van der Waals surface area contributed by atoms with Crippen molar-refractivity contribution < 1.29 is 14.4 Å². The van der Waals surface area contributed by atoms with E-state index in [1.807, 2.05) is 80.6 Å². The Bertz CT molecular complexity index is 1560. The normalized spacial score (nSPS) is 12.0. The predicted molar refractivity (Wildman–Crippen MR) is 173 cm³/mol. The van der Waals surface area contributed by atoms with Crippen LogP contribution in [0.2, 0.25) is 0 Å². The van der Waals surface area contributed by atoms with Gasteiger partial charge in [-0.3, -0.25) is 14.4 Å². The molecule has 4 rings (SSSR count). The standard InChI is InChI=1S/C35H35N3O3S/c1-23(2)27-16-14-26(15-17-27)22-32(38-34(40)28-11-6-5-7-12-28)35(41)36-29-18-20-30(21-19-29)42-25(4)33(39)37-31-13-9-8-10-24(31)3/h5-23,25H,1-4H3,(H,36,41)(H,37,39)(H,38,40)/b32-22-. The second-order valence-corrected chi connectivity index (χ2v) is 11.7. The minimum absolute atomic E-state index is 0.0861. The third-order valence-corrected chi connectivity index (χ3v) is 7.75. The fourth-order valence-electron chi connectivity index (χ4n) is 4.11. The lowest BCUT2D eigenvalue weighted by Crippen LogP contribution is -2.30. The van der Waals surface area contributed by atoms with Crippen LogP contribution in [-0.4, -0.2) is 23.0 Å². The summed E-state index contributed by atoms with van der Waals surface area (Å²) in [6.45, 7) is 8.05. The van der Waals surface area contributed by atoms with Gasteiger partial charge in [-0.15, -0.1) is 11.8 Å². The van der Waals surface area contributed by atoms with Crippen LogP contribution < -0.4 is 16.0 Å². The van der Waals surface area contributed by atoms with Gasteiger partial charge in [0.2, 0.25) is 5.91 Å². The number of hydrogen-bond acceptors (Lipinski definition) is 4. The molecule has 0 aliphatic heterocycles. The van der Waals surface area contributed by atoms with E-state index in [1.165, 1.54) is 17.3 Å². The van der Waals surface area contributed by atoms with E-state index in [2.05, 4.69) is 29.8 Å². The molecule has 0 saturated heterocycles. The van der Waals surface area contributed by atoms with Crippen LogP contribution in [0.4, 0.5) is 11.4 Å². The first-order valence-corrected chi connectivity index (χ1v) is 14.7. The van der Waals surface area contributed by atoms with E-state index >= 15 is 0 Å². The summed E-state index contributed by atoms with van der Waals surface area (Å²) < 4.78 is 0. The van der Waals surface area contributed by atoms with Gasteiger partial charge in [0.15, 0.2) is 0 Å². The van der Waals surface area contributed by atoms with Gasteiger partial charge in [0.05, 0.1) is 5.25 Å². The molecule has 0 radical (unpaired) electrons. The van der Waals surface area contributed by atoms with Crippen LogP contribution in [0.25, 0.3) is 6.08 Å². The lowest BCUT2D eigenvalue weighted by Gasteiger charge is -2.14. The number of aryl methyl sites for hydroxylation is 1. The molecule has 0 spiro atoms. The quantitative estimate of drug-likeness (QED) is 0.133. The summed E-state index contributed by atoms with van der Waals surface area (Å²) in [7, 11) is 0. The van der Waals surface area contributed by atoms with Gasteiger partial charge < -0.3 is 16.0 Å². The first-order valence-electron chi connectivity index (χ1n) is 13.8. The largest absolute Gasteiger partial charge is 0.325 e. The third kappa shape index (κ3) is 8.44. The molecule has 3 amide bonds. The van der Waals surface area contributed by atoms with Crippen molar-refractivity contribution in [1.82, 2.24) is 5.32 Å². The Morgan fingerprint density at radius 2 is 1.38 bits per heavy atom. The molecule has 4 aromatic carbocycles. The number of amides is 3. The number of benzene rings is 4. The Hall–Kier alpha value is -4.62. The van der Waals surface area contributed by atoms with E-state index in [0.717, 1.165) is 21.7 Å². The van der Waals surface area contributed by atoms with E-state index in [1.54, 1.807) is 42.5 Å². The predicted octanol–water partition coefficient (Wildman–Crippen LogP) is 7.65. The van der Waals surface area contributed by atoms with Crippen molar-refractivity contribution in [2.45, 2.75) is 43.8 Å². The molecule has 0 fully saturated rings. The molecule has 0 heterocycles. The van der Waals surface area contributed by atoms with Crippen molar-refractivity contribution in [3.8, 4) is 0 Å². The minimum atomic E-state index is -0.446. The van der Waals surface area contributed by atoms with Gasteiger partial charge in [-0.2, -0.15) is 0 Å². The Morgan fingerprint density at radius 3 is 2.02 bits per heavy atom. The maximum absolute atomic E-state index is 13.4. The van der Waals surface area contributed by atoms with Crippen molar-refractivity contribution in [3.05, 3.63) is 131 Å². The zero-order valence-corrected chi connectivity index (χ0v) is 25.0. The Morgan fingerprint density at radius 1 is 0.738 bits per heavy atom. The molecule has 7 heteroatoms. The summed E-state index contributed by atoms with van der Waals surface area (Å²) in [6.07, 6.45) is 1.67. The van der Waals surface area contributed by atoms with Crippen LogP contribution in [0.5, 0.6) is 0 Å². The van der Waals surface area contributed by atoms with Crippen LogP contribution in [-0.2, 0) is 9.59 Å². The maximum Gasteiger partial charge on any atom is 0.272 e. The van der Waals surface area contributed by atoms with Crippen molar-refractivity contribution >= 4 is 46.9 Å². The van der Waals surface area contributed by atoms with Gasteiger partial charge in [0.25, 0.3) is 11.8 Å². The number of hydrogen-bond donors (Lipinski definition) is 3. The lowest BCUT2D eigenvalue weighted by atomic mass is 10.0. The van der Waals surface area contributed by atoms with Crippen LogP contribution in [0.15, 0.2) is 114 Å². The molecule has 0 saturated carbocycles. The highest BCUT2D eigenvalue weighted by Crippen LogP contribution is 2.26. The van der Waals surface area contributed by atoms with Crippen LogP contribution >= 0.6 is 11.8 Å². The number of nitrogens with one attached hydrogen (secondary N) is 3. The van der Waals surface area contributed by atoms with Gasteiger partial charge in [0, 0.05) is 21.8 Å². The molecular formula is C35H35N3O3S. The Kier molecular flexibility index (Phi) is 10.3. The summed E-state index contributed by atoms with van der Waals surface area (Å²) in [6, 6.07) is 31.6. The smallest absolute Gasteiger partial charge is 0.272 e.